The Hall–Kier alpha value is -2.42. The van der Waals surface area contributed by atoms with E-state index < -0.39 is 10.0 Å². The minimum atomic E-state index is -3.68. The van der Waals surface area contributed by atoms with E-state index in [-0.39, 0.29) is 10.3 Å². The van der Waals surface area contributed by atoms with Crippen LogP contribution in [0.4, 0.5) is 5.82 Å². The molecule has 0 amide bonds. The van der Waals surface area contributed by atoms with Crippen LogP contribution in [-0.2, 0) is 28.5 Å². The van der Waals surface area contributed by atoms with Crippen LogP contribution in [0.1, 0.15) is 49.1 Å². The van der Waals surface area contributed by atoms with Crippen LogP contribution in [0.25, 0.3) is 0 Å². The van der Waals surface area contributed by atoms with Gasteiger partial charge in [-0.2, -0.15) is 5.10 Å². The van der Waals surface area contributed by atoms with Crippen molar-refractivity contribution in [1.82, 2.24) is 19.5 Å². The molecule has 1 saturated carbocycles. The molecule has 2 aliphatic rings. The van der Waals surface area contributed by atoms with Crippen LogP contribution in [0.3, 0.4) is 0 Å². The van der Waals surface area contributed by atoms with E-state index >= 15 is 0 Å². The van der Waals surface area contributed by atoms with E-state index in [0.29, 0.717) is 18.1 Å². The van der Waals surface area contributed by atoms with Gasteiger partial charge in [0.2, 0.25) is 10.0 Å². The van der Waals surface area contributed by atoms with Crippen molar-refractivity contribution in [3.05, 3.63) is 70.6 Å². The number of hydrogen-bond acceptors (Lipinski definition) is 5. The summed E-state index contributed by atoms with van der Waals surface area (Å²) in [6, 6.07) is 13.4. The normalized spacial score (nSPS) is 18.0. The number of rotatable bonds is 6. The standard InChI is InChI=1S/C25H30ClN5O2S/c1-19-15-22-17-30(13-14-31(22)29-19)24-10-9-23(16-27-24)34(32,33)28-18-25(11-3-2-4-12-25)20-5-7-21(26)8-6-20/h5-10,15-16,28H,2-4,11-14,17-18H2,1H3. The molecule has 1 aromatic carbocycles. The van der Waals surface area contributed by atoms with E-state index in [9.17, 15) is 8.42 Å². The van der Waals surface area contributed by atoms with Gasteiger partial charge in [0.25, 0.3) is 0 Å². The third kappa shape index (κ3) is 4.72. The zero-order chi connectivity index (χ0) is 23.8. The predicted octanol–water partition coefficient (Wildman–Crippen LogP) is 4.44. The fourth-order valence-corrected chi connectivity index (χ4v) is 6.44. The first-order chi connectivity index (χ1) is 16.3. The lowest BCUT2D eigenvalue weighted by Crippen LogP contribution is -2.42. The topological polar surface area (TPSA) is 80.1 Å². The van der Waals surface area contributed by atoms with Crippen molar-refractivity contribution in [1.29, 1.82) is 0 Å². The zero-order valence-corrected chi connectivity index (χ0v) is 20.9. The first-order valence-corrected chi connectivity index (χ1v) is 13.7. The number of sulfonamides is 1. The van der Waals surface area contributed by atoms with Crippen molar-refractivity contribution in [2.45, 2.75) is 62.4 Å². The minimum absolute atomic E-state index is 0.191. The number of anilines is 1. The van der Waals surface area contributed by atoms with Crippen LogP contribution in [-0.4, -0.2) is 36.3 Å². The highest BCUT2D eigenvalue weighted by Gasteiger charge is 2.35. The lowest BCUT2D eigenvalue weighted by atomic mass is 9.69. The van der Waals surface area contributed by atoms with E-state index in [1.54, 1.807) is 12.1 Å². The van der Waals surface area contributed by atoms with Gasteiger partial charge in [-0.25, -0.2) is 18.1 Å². The Morgan fingerprint density at radius 1 is 1.06 bits per heavy atom. The molecule has 1 N–H and O–H groups in total. The van der Waals surface area contributed by atoms with Crippen molar-refractivity contribution in [2.24, 2.45) is 0 Å². The maximum Gasteiger partial charge on any atom is 0.242 e. The molecule has 3 aromatic rings. The largest absolute Gasteiger partial charge is 0.349 e. The average molecular weight is 500 g/mol. The number of nitrogens with one attached hydrogen (secondary N) is 1. The Bertz CT molecular complexity index is 1250. The number of aromatic nitrogens is 3. The molecule has 0 atom stereocenters. The summed E-state index contributed by atoms with van der Waals surface area (Å²) in [5.41, 5.74) is 3.08. The Morgan fingerprint density at radius 2 is 1.82 bits per heavy atom. The lowest BCUT2D eigenvalue weighted by Gasteiger charge is -2.38. The Morgan fingerprint density at radius 3 is 2.53 bits per heavy atom. The third-order valence-corrected chi connectivity index (χ3v) is 8.78. The molecule has 180 valence electrons. The van der Waals surface area contributed by atoms with Gasteiger partial charge < -0.3 is 4.90 Å². The van der Waals surface area contributed by atoms with E-state index in [2.05, 4.69) is 25.8 Å². The van der Waals surface area contributed by atoms with Gasteiger partial charge in [0.15, 0.2) is 0 Å². The summed E-state index contributed by atoms with van der Waals surface area (Å²) in [6.07, 6.45) is 6.75. The van der Waals surface area contributed by atoms with E-state index in [1.165, 1.54) is 12.6 Å². The Balaban J connectivity index is 1.30. The lowest BCUT2D eigenvalue weighted by molar-refractivity contribution is 0.293. The van der Waals surface area contributed by atoms with Crippen molar-refractivity contribution < 1.29 is 8.42 Å². The Kier molecular flexibility index (Phi) is 6.39. The van der Waals surface area contributed by atoms with Crippen LogP contribution >= 0.6 is 11.6 Å². The summed E-state index contributed by atoms with van der Waals surface area (Å²) in [4.78, 5) is 6.83. The maximum absolute atomic E-state index is 13.2. The van der Waals surface area contributed by atoms with E-state index in [0.717, 1.165) is 61.5 Å². The first kappa shape index (κ1) is 23.3. The summed E-state index contributed by atoms with van der Waals surface area (Å²) in [6.45, 7) is 4.65. The average Bonchev–Trinajstić information content (AvgIpc) is 3.23. The predicted molar refractivity (Wildman–Crippen MR) is 134 cm³/mol. The highest BCUT2D eigenvalue weighted by Crippen LogP contribution is 2.39. The summed E-state index contributed by atoms with van der Waals surface area (Å²) in [5, 5.41) is 5.18. The molecule has 9 heteroatoms. The van der Waals surface area contributed by atoms with Crippen LogP contribution in [0.2, 0.25) is 5.02 Å². The van der Waals surface area contributed by atoms with Crippen molar-refractivity contribution in [3.8, 4) is 0 Å². The van der Waals surface area contributed by atoms with Gasteiger partial charge in [-0.15, -0.1) is 0 Å². The quantitative estimate of drug-likeness (QED) is 0.542. The first-order valence-electron chi connectivity index (χ1n) is 11.8. The number of halogens is 1. The molecule has 5 rings (SSSR count). The highest BCUT2D eigenvalue weighted by molar-refractivity contribution is 7.89. The summed E-state index contributed by atoms with van der Waals surface area (Å²) < 4.78 is 31.2. The fraction of sp³-hybridized carbons (Fsp3) is 0.440. The van der Waals surface area contributed by atoms with Crippen molar-refractivity contribution in [2.75, 3.05) is 18.0 Å². The number of benzene rings is 1. The molecule has 34 heavy (non-hydrogen) atoms. The zero-order valence-electron chi connectivity index (χ0n) is 19.4. The minimum Gasteiger partial charge on any atom is -0.349 e. The van der Waals surface area contributed by atoms with Crippen molar-refractivity contribution >= 4 is 27.4 Å². The van der Waals surface area contributed by atoms with Gasteiger partial charge in [-0.1, -0.05) is 43.0 Å². The van der Waals surface area contributed by atoms with Gasteiger partial charge >= 0.3 is 0 Å². The van der Waals surface area contributed by atoms with Gasteiger partial charge in [0.05, 0.1) is 24.5 Å². The molecule has 0 saturated heterocycles. The molecule has 0 unspecified atom stereocenters. The molecule has 1 aliphatic heterocycles. The highest BCUT2D eigenvalue weighted by atomic mass is 35.5. The Labute approximate surface area is 206 Å². The SMILES string of the molecule is Cc1cc2n(n1)CCN(c1ccc(S(=O)(=O)NCC3(c4ccc(Cl)cc4)CCCCC3)cn1)C2. The number of hydrogen-bond donors (Lipinski definition) is 1. The summed E-state index contributed by atoms with van der Waals surface area (Å²) in [5.74, 6) is 0.772. The molecule has 0 spiro atoms. The molecule has 0 radical (unpaired) electrons. The molecular weight excluding hydrogens is 470 g/mol. The van der Waals surface area contributed by atoms with Crippen molar-refractivity contribution in [3.63, 3.8) is 0 Å². The van der Waals surface area contributed by atoms with Gasteiger partial charge in [0.1, 0.15) is 10.7 Å². The number of fused-ring (bicyclic) bond motifs is 1. The smallest absolute Gasteiger partial charge is 0.242 e. The monoisotopic (exact) mass is 499 g/mol. The van der Waals surface area contributed by atoms with E-state index in [4.69, 9.17) is 11.6 Å². The number of nitrogens with zero attached hydrogens (tertiary/aromatic N) is 4. The molecular formula is C25H30ClN5O2S. The second-order valence-electron chi connectivity index (χ2n) is 9.45. The van der Waals surface area contributed by atoms with Crippen LogP contribution < -0.4 is 9.62 Å². The van der Waals surface area contributed by atoms with Gasteiger partial charge in [0, 0.05) is 29.7 Å². The molecule has 7 nitrogen and oxygen atoms in total. The number of pyridine rings is 1. The molecule has 1 aliphatic carbocycles. The maximum atomic E-state index is 13.2. The molecule has 1 fully saturated rings. The summed E-state index contributed by atoms with van der Waals surface area (Å²) in [7, 11) is -3.68. The summed E-state index contributed by atoms with van der Waals surface area (Å²) >= 11 is 6.09. The van der Waals surface area contributed by atoms with Gasteiger partial charge in [-0.3, -0.25) is 4.68 Å². The van der Waals surface area contributed by atoms with Crippen LogP contribution in [0, 0.1) is 6.92 Å². The number of aryl methyl sites for hydroxylation is 1. The molecule has 2 aromatic heterocycles. The second-order valence-corrected chi connectivity index (χ2v) is 11.6. The van der Waals surface area contributed by atoms with E-state index in [1.807, 2.05) is 35.9 Å². The van der Waals surface area contributed by atoms with Gasteiger partial charge in [-0.05, 0) is 55.7 Å². The molecule has 3 heterocycles. The second kappa shape index (κ2) is 9.32. The third-order valence-electron chi connectivity index (χ3n) is 7.14. The molecule has 0 bridgehead atoms. The van der Waals surface area contributed by atoms with Crippen LogP contribution in [0.5, 0.6) is 0 Å². The van der Waals surface area contributed by atoms with Crippen LogP contribution in [0.15, 0.2) is 53.6 Å². The fourth-order valence-electron chi connectivity index (χ4n) is 5.24.